The van der Waals surface area contributed by atoms with Crippen LogP contribution in [0.4, 0.5) is 0 Å². The Bertz CT molecular complexity index is 1130. The molecule has 2 aromatic carbocycles. The van der Waals surface area contributed by atoms with Gasteiger partial charge in [-0.1, -0.05) is 72.4 Å². The number of halogens is 1. The lowest BCUT2D eigenvalue weighted by Crippen LogP contribution is -2.64. The average molecular weight is 501 g/mol. The molecule has 6 nitrogen and oxygen atoms in total. The number of oxazole rings is 1. The molecule has 1 aromatic heterocycles. The summed E-state index contributed by atoms with van der Waals surface area (Å²) in [5.74, 6) is 0.516. The van der Waals surface area contributed by atoms with Crippen molar-refractivity contribution in [1.82, 2.24) is 9.88 Å². The minimum atomic E-state index is -0.704. The van der Waals surface area contributed by atoms with Gasteiger partial charge in [-0.3, -0.25) is 4.79 Å². The number of rotatable bonds is 6. The second-order valence-electron chi connectivity index (χ2n) is 8.07. The number of fused-ring (bicyclic) bond motifs is 1. The quantitative estimate of drug-likeness (QED) is 0.206. The smallest absolute Gasteiger partial charge is 0.330 e. The maximum atomic E-state index is 12.6. The van der Waals surface area contributed by atoms with Crippen LogP contribution in [0.2, 0.25) is 0 Å². The van der Waals surface area contributed by atoms with E-state index in [0.29, 0.717) is 16.7 Å². The standard InChI is InChI=1S/C24H21ClN2O4S2/c1-24(19(22(29)30-2)27-20(28)16(25)21(27)33-24)13-32-23-26-17(14-9-5-3-6-10-14)18(31-23)15-11-7-4-8-12-15/h3-12,16,19,21H,13H2,1-2H3/t16-,19-,21+,24-/m0/s1. The van der Waals surface area contributed by atoms with Crippen LogP contribution in [-0.2, 0) is 14.3 Å². The minimum Gasteiger partial charge on any atom is -0.467 e. The van der Waals surface area contributed by atoms with Crippen molar-refractivity contribution in [2.45, 2.75) is 33.7 Å². The van der Waals surface area contributed by atoms with Crippen LogP contribution < -0.4 is 0 Å². The first-order chi connectivity index (χ1) is 15.9. The number of hydrogen-bond acceptors (Lipinski definition) is 7. The second-order valence-corrected chi connectivity index (χ2v) is 11.1. The van der Waals surface area contributed by atoms with E-state index in [2.05, 4.69) is 0 Å². The number of hydrogen-bond donors (Lipinski definition) is 0. The van der Waals surface area contributed by atoms with E-state index in [1.165, 1.54) is 30.6 Å². The number of carbonyl (C=O) groups excluding carboxylic acids is 2. The summed E-state index contributed by atoms with van der Waals surface area (Å²) in [6.07, 6.45) is 0. The molecule has 2 aliphatic heterocycles. The molecule has 170 valence electrons. The molecule has 5 rings (SSSR count). The predicted octanol–water partition coefficient (Wildman–Crippen LogP) is 4.92. The molecule has 0 bridgehead atoms. The maximum Gasteiger partial charge on any atom is 0.330 e. The number of nitrogens with zero attached hydrogens (tertiary/aromatic N) is 2. The van der Waals surface area contributed by atoms with E-state index in [4.69, 9.17) is 25.7 Å². The van der Waals surface area contributed by atoms with Gasteiger partial charge in [-0.2, -0.15) is 0 Å². The number of carbonyl (C=O) groups is 2. The normalized spacial score (nSPS) is 26.1. The topological polar surface area (TPSA) is 72.6 Å². The third kappa shape index (κ3) is 3.84. The molecule has 9 heteroatoms. The number of methoxy groups -OCH3 is 1. The fourth-order valence-corrected chi connectivity index (χ4v) is 7.37. The first-order valence-corrected chi connectivity index (χ1v) is 12.7. The Kier molecular flexibility index (Phi) is 5.93. The lowest BCUT2D eigenvalue weighted by molar-refractivity contribution is -0.158. The van der Waals surface area contributed by atoms with Crippen LogP contribution in [-0.4, -0.2) is 56.2 Å². The Morgan fingerprint density at radius 1 is 1.18 bits per heavy atom. The number of benzene rings is 2. The van der Waals surface area contributed by atoms with E-state index < -0.39 is 22.1 Å². The van der Waals surface area contributed by atoms with Gasteiger partial charge in [0.2, 0.25) is 5.91 Å². The van der Waals surface area contributed by atoms with Gasteiger partial charge in [0.05, 0.1) is 11.9 Å². The number of amides is 1. The van der Waals surface area contributed by atoms with Crippen molar-refractivity contribution in [3.8, 4) is 22.6 Å². The van der Waals surface area contributed by atoms with Gasteiger partial charge in [-0.25, -0.2) is 9.78 Å². The van der Waals surface area contributed by atoms with E-state index >= 15 is 0 Å². The predicted molar refractivity (Wildman–Crippen MR) is 130 cm³/mol. The van der Waals surface area contributed by atoms with Crippen LogP contribution in [0.1, 0.15) is 6.92 Å². The summed E-state index contributed by atoms with van der Waals surface area (Å²) in [6, 6.07) is 19.0. The molecule has 0 unspecified atom stereocenters. The van der Waals surface area contributed by atoms with Crippen LogP contribution in [0.5, 0.6) is 0 Å². The summed E-state index contributed by atoms with van der Waals surface area (Å²) in [4.78, 5) is 31.3. The van der Waals surface area contributed by atoms with Gasteiger partial charge in [-0.05, 0) is 6.92 Å². The first-order valence-electron chi connectivity index (χ1n) is 10.4. The number of alkyl halides is 1. The summed E-state index contributed by atoms with van der Waals surface area (Å²) < 4.78 is 10.6. The fraction of sp³-hybridized carbons (Fsp3) is 0.292. The van der Waals surface area contributed by atoms with Gasteiger partial charge in [0.15, 0.2) is 5.76 Å². The molecule has 0 radical (unpaired) electrons. The van der Waals surface area contributed by atoms with Crippen LogP contribution in [0.3, 0.4) is 0 Å². The van der Waals surface area contributed by atoms with Crippen LogP contribution in [0.15, 0.2) is 70.3 Å². The average Bonchev–Trinajstić information content (AvgIpc) is 3.41. The Morgan fingerprint density at radius 3 is 2.45 bits per heavy atom. The van der Waals surface area contributed by atoms with E-state index in [-0.39, 0.29) is 11.3 Å². The van der Waals surface area contributed by atoms with Crippen LogP contribution in [0.25, 0.3) is 22.6 Å². The molecule has 33 heavy (non-hydrogen) atoms. The maximum absolute atomic E-state index is 12.6. The van der Waals surface area contributed by atoms with Gasteiger partial charge < -0.3 is 14.1 Å². The van der Waals surface area contributed by atoms with E-state index in [1.54, 1.807) is 4.90 Å². The van der Waals surface area contributed by atoms with Gasteiger partial charge in [0, 0.05) is 16.9 Å². The lowest BCUT2D eigenvalue weighted by Gasteiger charge is -2.40. The van der Waals surface area contributed by atoms with Crippen molar-refractivity contribution in [2.75, 3.05) is 12.9 Å². The zero-order chi connectivity index (χ0) is 23.2. The lowest BCUT2D eigenvalue weighted by atomic mass is 9.98. The van der Waals surface area contributed by atoms with Crippen molar-refractivity contribution in [3.63, 3.8) is 0 Å². The van der Waals surface area contributed by atoms with Gasteiger partial charge in [-0.15, -0.1) is 23.4 Å². The molecule has 0 aliphatic carbocycles. The summed E-state index contributed by atoms with van der Waals surface area (Å²) in [6.45, 7) is 1.96. The van der Waals surface area contributed by atoms with Gasteiger partial charge in [0.25, 0.3) is 5.22 Å². The Balaban J connectivity index is 1.44. The number of β-lactam (4-membered cyclic amide) rings is 1. The largest absolute Gasteiger partial charge is 0.467 e. The third-order valence-corrected chi connectivity index (χ3v) is 9.43. The molecule has 4 atom stereocenters. The third-order valence-electron chi connectivity index (χ3n) is 5.86. The Labute approximate surface area is 205 Å². The van der Waals surface area contributed by atoms with Crippen molar-refractivity contribution in [3.05, 3.63) is 60.7 Å². The molecule has 3 heterocycles. The monoisotopic (exact) mass is 500 g/mol. The molecule has 2 aliphatic rings. The van der Waals surface area contributed by atoms with E-state index in [0.717, 1.165) is 16.8 Å². The number of ether oxygens (including phenoxy) is 1. The first kappa shape index (κ1) is 22.4. The molecule has 0 saturated carbocycles. The molecule has 1 amide bonds. The highest BCUT2D eigenvalue weighted by Crippen LogP contribution is 2.54. The molecular formula is C24H21ClN2O4S2. The number of aromatic nitrogens is 1. The zero-order valence-electron chi connectivity index (χ0n) is 17.9. The van der Waals surface area contributed by atoms with Gasteiger partial charge in [0.1, 0.15) is 22.5 Å². The molecule has 0 N–H and O–H groups in total. The molecule has 3 aromatic rings. The molecule has 2 fully saturated rings. The van der Waals surface area contributed by atoms with Crippen molar-refractivity contribution in [1.29, 1.82) is 0 Å². The zero-order valence-corrected chi connectivity index (χ0v) is 20.3. The molecule has 0 spiro atoms. The summed E-state index contributed by atoms with van der Waals surface area (Å²) >= 11 is 9.17. The van der Waals surface area contributed by atoms with Crippen molar-refractivity contribution >= 4 is 47.0 Å². The van der Waals surface area contributed by atoms with Crippen LogP contribution in [0, 0.1) is 0 Å². The Morgan fingerprint density at radius 2 is 1.82 bits per heavy atom. The highest BCUT2D eigenvalue weighted by molar-refractivity contribution is 8.04. The SMILES string of the molecule is COC(=O)[C@@H]1N2C(=O)[C@H](Cl)[C@H]2S[C@@]1(C)CSc1nc(-c2ccccc2)c(-c2ccccc2)o1. The van der Waals surface area contributed by atoms with Crippen LogP contribution >= 0.6 is 35.1 Å². The Hall–Kier alpha value is -2.42. The summed E-state index contributed by atoms with van der Waals surface area (Å²) in [7, 11) is 1.34. The van der Waals surface area contributed by atoms with E-state index in [9.17, 15) is 9.59 Å². The highest BCUT2D eigenvalue weighted by Gasteiger charge is 2.65. The summed E-state index contributed by atoms with van der Waals surface area (Å²) in [5.41, 5.74) is 2.66. The van der Waals surface area contributed by atoms with Gasteiger partial charge >= 0.3 is 5.97 Å². The van der Waals surface area contributed by atoms with E-state index in [1.807, 2.05) is 67.6 Å². The number of thioether (sulfide) groups is 2. The highest BCUT2D eigenvalue weighted by atomic mass is 35.5. The molecular weight excluding hydrogens is 480 g/mol. The molecule has 2 saturated heterocycles. The summed E-state index contributed by atoms with van der Waals surface area (Å²) in [5, 5.41) is -0.357. The van der Waals surface area contributed by atoms with Crippen molar-refractivity contribution in [2.24, 2.45) is 0 Å². The minimum absolute atomic E-state index is 0.229. The van der Waals surface area contributed by atoms with Crippen molar-refractivity contribution < 1.29 is 18.7 Å². The number of esters is 1. The fourth-order valence-electron chi connectivity index (χ4n) is 4.21. The second kappa shape index (κ2) is 8.74.